The second kappa shape index (κ2) is 8.53. The van der Waals surface area contributed by atoms with Crippen LogP contribution in [0.4, 0.5) is 5.69 Å². The Hall–Kier alpha value is -4.05. The minimum absolute atomic E-state index is 0.0186. The maximum absolute atomic E-state index is 12.1. The quantitative estimate of drug-likeness (QED) is 0.512. The number of carbonyl (C=O) groups is 1. The minimum Gasteiger partial charge on any atom is -0.325 e. The van der Waals surface area contributed by atoms with Crippen molar-refractivity contribution in [2.75, 3.05) is 5.32 Å². The minimum atomic E-state index is -0.0186. The van der Waals surface area contributed by atoms with Crippen molar-refractivity contribution in [3.05, 3.63) is 66.6 Å². The van der Waals surface area contributed by atoms with E-state index in [2.05, 4.69) is 42.3 Å². The molecule has 1 amide bonds. The van der Waals surface area contributed by atoms with E-state index in [0.29, 0.717) is 29.5 Å². The Balaban J connectivity index is 1.63. The van der Waals surface area contributed by atoms with Crippen molar-refractivity contribution in [3.8, 4) is 23.0 Å². The van der Waals surface area contributed by atoms with Crippen LogP contribution in [0.5, 0.6) is 0 Å². The molecule has 0 saturated carbocycles. The Morgan fingerprint density at radius 1 is 1.10 bits per heavy atom. The monoisotopic (exact) mass is 396 g/mol. The molecule has 0 atom stereocenters. The number of fused-ring (bicyclic) bond motifs is 1. The maximum Gasteiger partial charge on any atom is 0.224 e. The van der Waals surface area contributed by atoms with Gasteiger partial charge in [0.2, 0.25) is 11.7 Å². The molecule has 0 saturated heterocycles. The molecule has 0 fully saturated rings. The Labute approximate surface area is 174 Å². The van der Waals surface area contributed by atoms with Gasteiger partial charge in [0.1, 0.15) is 5.69 Å². The molecule has 4 rings (SSSR count). The third-order valence-corrected chi connectivity index (χ3v) is 4.37. The normalized spacial score (nSPS) is 10.6. The molecule has 30 heavy (non-hydrogen) atoms. The number of aromatic nitrogens is 5. The number of benzene rings is 1. The van der Waals surface area contributed by atoms with Gasteiger partial charge in [0.25, 0.3) is 0 Å². The lowest BCUT2D eigenvalue weighted by molar-refractivity contribution is -0.116. The van der Waals surface area contributed by atoms with E-state index in [1.54, 1.807) is 30.9 Å². The van der Waals surface area contributed by atoms with Gasteiger partial charge in [-0.3, -0.25) is 14.9 Å². The first-order valence-corrected chi connectivity index (χ1v) is 9.61. The van der Waals surface area contributed by atoms with Crippen molar-refractivity contribution in [1.29, 1.82) is 0 Å². The third-order valence-electron chi connectivity index (χ3n) is 4.37. The van der Waals surface area contributed by atoms with E-state index >= 15 is 0 Å². The van der Waals surface area contributed by atoms with Gasteiger partial charge in [0.15, 0.2) is 0 Å². The number of hydrogen-bond acceptors (Lipinski definition) is 5. The summed E-state index contributed by atoms with van der Waals surface area (Å²) < 4.78 is 0. The van der Waals surface area contributed by atoms with Crippen LogP contribution >= 0.6 is 0 Å². The van der Waals surface area contributed by atoms with Gasteiger partial charge in [-0.25, -0.2) is 9.97 Å². The Morgan fingerprint density at radius 3 is 2.73 bits per heavy atom. The fraction of sp³-hybridized carbons (Fsp3) is 0.174. The van der Waals surface area contributed by atoms with Crippen LogP contribution in [0.2, 0.25) is 0 Å². The zero-order valence-electron chi connectivity index (χ0n) is 16.7. The summed E-state index contributed by atoms with van der Waals surface area (Å²) in [5.74, 6) is 6.72. The first kappa shape index (κ1) is 19.3. The van der Waals surface area contributed by atoms with Crippen LogP contribution in [-0.4, -0.2) is 31.1 Å². The van der Waals surface area contributed by atoms with E-state index in [4.69, 9.17) is 0 Å². The van der Waals surface area contributed by atoms with Gasteiger partial charge in [0.05, 0.1) is 17.4 Å². The van der Waals surface area contributed by atoms with Gasteiger partial charge in [-0.2, -0.15) is 5.10 Å². The maximum atomic E-state index is 12.1. The number of pyridine rings is 1. The molecule has 0 aliphatic carbocycles. The van der Waals surface area contributed by atoms with E-state index in [9.17, 15) is 4.79 Å². The first-order valence-electron chi connectivity index (χ1n) is 9.61. The molecule has 0 aliphatic heterocycles. The molecule has 0 bridgehead atoms. The molecule has 0 unspecified atom stereocenters. The number of H-pyrrole nitrogens is 1. The number of carbonyl (C=O) groups excluding carboxylic acids is 1. The number of anilines is 1. The van der Waals surface area contributed by atoms with Crippen LogP contribution < -0.4 is 5.32 Å². The van der Waals surface area contributed by atoms with Gasteiger partial charge < -0.3 is 5.32 Å². The molecule has 0 aliphatic rings. The Bertz CT molecular complexity index is 1250. The highest BCUT2D eigenvalue weighted by atomic mass is 16.1. The second-order valence-electron chi connectivity index (χ2n) is 7.26. The summed E-state index contributed by atoms with van der Waals surface area (Å²) in [6.07, 6.45) is 7.19. The molecular formula is C23H20N6O. The largest absolute Gasteiger partial charge is 0.325 e. The number of hydrogen-bond donors (Lipinski definition) is 2. The molecule has 7 heteroatoms. The van der Waals surface area contributed by atoms with E-state index in [-0.39, 0.29) is 5.91 Å². The molecule has 1 aromatic carbocycles. The Morgan fingerprint density at radius 2 is 1.93 bits per heavy atom. The lowest BCUT2D eigenvalue weighted by Crippen LogP contribution is -2.13. The number of nitrogens with zero attached hydrogens (tertiary/aromatic N) is 4. The SMILES string of the molecule is CC(C)CC(=O)Nc1cncc(-c2ccc3n[nH]c(C#Cc4ncccn4)c3c2)c1. The zero-order chi connectivity index (χ0) is 20.9. The van der Waals surface area contributed by atoms with Crippen molar-refractivity contribution in [2.24, 2.45) is 5.92 Å². The van der Waals surface area contributed by atoms with Crippen LogP contribution in [0.1, 0.15) is 31.8 Å². The fourth-order valence-corrected chi connectivity index (χ4v) is 3.02. The number of aromatic amines is 1. The van der Waals surface area contributed by atoms with Crippen LogP contribution in [0.3, 0.4) is 0 Å². The van der Waals surface area contributed by atoms with Crippen molar-refractivity contribution in [2.45, 2.75) is 20.3 Å². The van der Waals surface area contributed by atoms with E-state index < -0.39 is 0 Å². The average Bonchev–Trinajstić information content (AvgIpc) is 3.15. The van der Waals surface area contributed by atoms with Gasteiger partial charge in [-0.1, -0.05) is 19.9 Å². The smallest absolute Gasteiger partial charge is 0.224 e. The lowest BCUT2D eigenvalue weighted by atomic mass is 10.0. The van der Waals surface area contributed by atoms with E-state index in [1.165, 1.54) is 0 Å². The van der Waals surface area contributed by atoms with E-state index in [0.717, 1.165) is 22.0 Å². The van der Waals surface area contributed by atoms with Crippen LogP contribution in [0.15, 0.2) is 55.1 Å². The molecule has 3 aromatic heterocycles. The highest BCUT2D eigenvalue weighted by Crippen LogP contribution is 2.26. The average molecular weight is 396 g/mol. The van der Waals surface area contributed by atoms with Crippen LogP contribution in [-0.2, 0) is 4.79 Å². The zero-order valence-corrected chi connectivity index (χ0v) is 16.7. The predicted molar refractivity (Wildman–Crippen MR) is 115 cm³/mol. The Kier molecular flexibility index (Phi) is 5.48. The van der Waals surface area contributed by atoms with Crippen LogP contribution in [0, 0.1) is 17.8 Å². The summed E-state index contributed by atoms with van der Waals surface area (Å²) in [4.78, 5) is 24.6. The van der Waals surface area contributed by atoms with Crippen molar-refractivity contribution >= 4 is 22.5 Å². The summed E-state index contributed by atoms with van der Waals surface area (Å²) in [5, 5.41) is 11.1. The van der Waals surface area contributed by atoms with E-state index in [1.807, 2.05) is 38.1 Å². The summed E-state index contributed by atoms with van der Waals surface area (Å²) in [7, 11) is 0. The van der Waals surface area contributed by atoms with Crippen molar-refractivity contribution < 1.29 is 4.79 Å². The standard InChI is InChI=1S/C23H20N6O/c1-15(2)10-23(30)27-18-11-17(13-24-14-18)16-4-5-20-19(12-16)21(29-28-20)6-7-22-25-8-3-9-26-22/h3-5,8-9,11-15H,10H2,1-2H3,(H,27,30)(H,28,29). The molecule has 2 N–H and O–H groups in total. The summed E-state index contributed by atoms with van der Waals surface area (Å²) in [6, 6.07) is 9.56. The number of amides is 1. The summed E-state index contributed by atoms with van der Waals surface area (Å²) in [6.45, 7) is 4.03. The van der Waals surface area contributed by atoms with Gasteiger partial charge in [-0.05, 0) is 47.6 Å². The third kappa shape index (κ3) is 4.50. The molecule has 4 aromatic rings. The second-order valence-corrected chi connectivity index (χ2v) is 7.26. The number of nitrogens with one attached hydrogen (secondary N) is 2. The first-order chi connectivity index (χ1) is 14.6. The lowest BCUT2D eigenvalue weighted by Gasteiger charge is -2.08. The molecule has 0 spiro atoms. The fourth-order valence-electron chi connectivity index (χ4n) is 3.02. The van der Waals surface area contributed by atoms with Crippen molar-refractivity contribution in [1.82, 2.24) is 25.1 Å². The summed E-state index contributed by atoms with van der Waals surface area (Å²) in [5.41, 5.74) is 4.02. The van der Waals surface area contributed by atoms with Gasteiger partial charge >= 0.3 is 0 Å². The molecular weight excluding hydrogens is 376 g/mol. The van der Waals surface area contributed by atoms with Gasteiger partial charge in [-0.15, -0.1) is 0 Å². The number of rotatable bonds is 4. The van der Waals surface area contributed by atoms with Crippen LogP contribution in [0.25, 0.3) is 22.0 Å². The highest BCUT2D eigenvalue weighted by Gasteiger charge is 2.09. The molecule has 3 heterocycles. The topological polar surface area (TPSA) is 96.5 Å². The molecule has 0 radical (unpaired) electrons. The summed E-state index contributed by atoms with van der Waals surface area (Å²) >= 11 is 0. The highest BCUT2D eigenvalue weighted by molar-refractivity contribution is 5.92. The predicted octanol–water partition coefficient (Wildman–Crippen LogP) is 3.80. The van der Waals surface area contributed by atoms with Gasteiger partial charge in [0, 0.05) is 36.0 Å². The molecule has 7 nitrogen and oxygen atoms in total. The molecule has 148 valence electrons. The van der Waals surface area contributed by atoms with Crippen molar-refractivity contribution in [3.63, 3.8) is 0 Å².